The highest BCUT2D eigenvalue weighted by Gasteiger charge is 2.27. The van der Waals surface area contributed by atoms with Gasteiger partial charge in [-0.3, -0.25) is 0 Å². The molecule has 0 aromatic heterocycles. The van der Waals surface area contributed by atoms with Crippen LogP contribution in [-0.4, -0.2) is 39.4 Å². The number of carbonyl (C=O) groups excluding carboxylic acids is 2. The second-order valence-electron chi connectivity index (χ2n) is 10.1. The van der Waals surface area contributed by atoms with Gasteiger partial charge < -0.3 is 18.9 Å². The molecule has 0 spiro atoms. The summed E-state index contributed by atoms with van der Waals surface area (Å²) < 4.78 is 22.2. The molecule has 5 rings (SSSR count). The van der Waals surface area contributed by atoms with Crippen LogP contribution in [0.4, 0.5) is 0 Å². The molecule has 0 bridgehead atoms. The lowest BCUT2D eigenvalue weighted by Gasteiger charge is -2.18. The molecule has 0 aliphatic heterocycles. The summed E-state index contributed by atoms with van der Waals surface area (Å²) in [6.45, 7) is 0.716. The van der Waals surface area contributed by atoms with Gasteiger partial charge >= 0.3 is 11.9 Å². The van der Waals surface area contributed by atoms with Gasteiger partial charge in [-0.15, -0.1) is 0 Å². The van der Waals surface area contributed by atoms with E-state index in [1.165, 1.54) is 53.0 Å². The van der Waals surface area contributed by atoms with Crippen molar-refractivity contribution in [1.29, 1.82) is 0 Å². The minimum atomic E-state index is -0.693. The predicted molar refractivity (Wildman–Crippen MR) is 165 cm³/mol. The summed E-state index contributed by atoms with van der Waals surface area (Å²) >= 11 is 0. The van der Waals surface area contributed by atoms with Crippen LogP contribution in [0.15, 0.2) is 97.1 Å². The fourth-order valence-electron chi connectivity index (χ4n) is 5.10. The van der Waals surface area contributed by atoms with Crippen molar-refractivity contribution >= 4 is 33.5 Å². The fraction of sp³-hybridized carbons (Fsp3) is 0.222. The van der Waals surface area contributed by atoms with E-state index in [9.17, 15) is 9.59 Å². The van der Waals surface area contributed by atoms with Gasteiger partial charge in [-0.05, 0) is 70.5 Å². The van der Waals surface area contributed by atoms with E-state index in [2.05, 4.69) is 60.7 Å². The monoisotopic (exact) mass is 562 g/mol. The second-order valence-corrected chi connectivity index (χ2v) is 10.1. The third-order valence-corrected chi connectivity index (χ3v) is 7.27. The van der Waals surface area contributed by atoms with Gasteiger partial charge in [-0.25, -0.2) is 9.59 Å². The molecule has 0 aliphatic carbocycles. The molecule has 6 heteroatoms. The molecule has 0 fully saturated rings. The maximum atomic E-state index is 12.9. The van der Waals surface area contributed by atoms with Crippen LogP contribution in [-0.2, 0) is 22.3 Å². The first-order chi connectivity index (χ1) is 20.6. The van der Waals surface area contributed by atoms with Gasteiger partial charge in [0.1, 0.15) is 5.56 Å². The van der Waals surface area contributed by atoms with E-state index in [1.807, 2.05) is 24.3 Å². The van der Waals surface area contributed by atoms with Crippen molar-refractivity contribution in [2.24, 2.45) is 0 Å². The standard InChI is InChI=1S/C36H34O6/c1-39-35(37)31-19-20-32(41-21-7-9-25-15-17-27-11-3-5-13-29(27)23-25)34(33(31)36(38)40-2)42-22-8-10-26-16-18-28-12-4-6-14-30(28)24-26/h3-6,11-20,23-24H,7-10,21-22H2,1-2H3. The largest absolute Gasteiger partial charge is 0.490 e. The van der Waals surface area contributed by atoms with Gasteiger partial charge in [0.25, 0.3) is 0 Å². The van der Waals surface area contributed by atoms with Gasteiger partial charge in [-0.2, -0.15) is 0 Å². The third-order valence-electron chi connectivity index (χ3n) is 7.27. The van der Waals surface area contributed by atoms with E-state index >= 15 is 0 Å². The van der Waals surface area contributed by atoms with Crippen molar-refractivity contribution in [3.8, 4) is 11.5 Å². The number of rotatable bonds is 12. The van der Waals surface area contributed by atoms with E-state index < -0.39 is 11.9 Å². The highest BCUT2D eigenvalue weighted by molar-refractivity contribution is 6.05. The first-order valence-electron chi connectivity index (χ1n) is 14.1. The highest BCUT2D eigenvalue weighted by Crippen LogP contribution is 2.35. The molecule has 5 aromatic carbocycles. The summed E-state index contributed by atoms with van der Waals surface area (Å²) in [4.78, 5) is 25.4. The summed E-state index contributed by atoms with van der Waals surface area (Å²) in [5, 5.41) is 4.80. The van der Waals surface area contributed by atoms with Crippen molar-refractivity contribution in [2.75, 3.05) is 27.4 Å². The van der Waals surface area contributed by atoms with Crippen LogP contribution < -0.4 is 9.47 Å². The summed E-state index contributed by atoms with van der Waals surface area (Å²) in [6, 6.07) is 32.5. The molecule has 6 nitrogen and oxygen atoms in total. The van der Waals surface area contributed by atoms with Crippen molar-refractivity contribution < 1.29 is 28.5 Å². The normalized spacial score (nSPS) is 10.9. The van der Waals surface area contributed by atoms with Crippen LogP contribution in [0.25, 0.3) is 21.5 Å². The number of hydrogen-bond donors (Lipinski definition) is 0. The zero-order chi connectivity index (χ0) is 29.3. The Labute approximate surface area is 245 Å². The third kappa shape index (κ3) is 6.72. The molecule has 0 unspecified atom stereocenters. The number of ether oxygens (including phenoxy) is 4. The molecule has 0 saturated heterocycles. The average molecular weight is 563 g/mol. The minimum Gasteiger partial charge on any atom is -0.490 e. The molecule has 0 aliphatic rings. The predicted octanol–water partition coefficient (Wildman–Crippen LogP) is 7.59. The van der Waals surface area contributed by atoms with Gasteiger partial charge in [0.2, 0.25) is 0 Å². The fourth-order valence-corrected chi connectivity index (χ4v) is 5.10. The number of carbonyl (C=O) groups is 2. The van der Waals surface area contributed by atoms with Crippen molar-refractivity contribution in [3.63, 3.8) is 0 Å². The zero-order valence-corrected chi connectivity index (χ0v) is 23.9. The van der Waals surface area contributed by atoms with Gasteiger partial charge in [0.15, 0.2) is 11.5 Å². The number of esters is 2. The minimum absolute atomic E-state index is 0.00193. The van der Waals surface area contributed by atoms with Crippen molar-refractivity contribution in [1.82, 2.24) is 0 Å². The molecule has 0 atom stereocenters. The molecule has 42 heavy (non-hydrogen) atoms. The summed E-state index contributed by atoms with van der Waals surface area (Å²) in [6.07, 6.45) is 3.07. The van der Waals surface area contributed by atoms with E-state index in [0.717, 1.165) is 19.3 Å². The molecule has 0 heterocycles. The summed E-state index contributed by atoms with van der Waals surface area (Å²) in [5.41, 5.74) is 2.48. The molecule has 5 aromatic rings. The van der Waals surface area contributed by atoms with Crippen LogP contribution in [0.2, 0.25) is 0 Å². The maximum absolute atomic E-state index is 12.9. The van der Waals surface area contributed by atoms with Crippen molar-refractivity contribution in [2.45, 2.75) is 25.7 Å². The topological polar surface area (TPSA) is 71.1 Å². The Morgan fingerprint density at radius 1 is 0.571 bits per heavy atom. The Hall–Kier alpha value is -4.84. The Morgan fingerprint density at radius 3 is 1.64 bits per heavy atom. The Bertz CT molecular complexity index is 1710. The number of benzene rings is 5. The first-order valence-corrected chi connectivity index (χ1v) is 14.1. The van der Waals surface area contributed by atoms with Crippen LogP contribution in [0.3, 0.4) is 0 Å². The Morgan fingerprint density at radius 2 is 1.10 bits per heavy atom. The van der Waals surface area contributed by atoms with E-state index in [0.29, 0.717) is 25.4 Å². The van der Waals surface area contributed by atoms with Gasteiger partial charge in [0, 0.05) is 0 Å². The van der Waals surface area contributed by atoms with Gasteiger partial charge in [0.05, 0.1) is 33.0 Å². The lowest BCUT2D eigenvalue weighted by molar-refractivity contribution is 0.0550. The van der Waals surface area contributed by atoms with Crippen molar-refractivity contribution in [3.05, 3.63) is 119 Å². The Balaban J connectivity index is 1.29. The van der Waals surface area contributed by atoms with E-state index in [4.69, 9.17) is 18.9 Å². The zero-order valence-electron chi connectivity index (χ0n) is 23.9. The number of methoxy groups -OCH3 is 2. The van der Waals surface area contributed by atoms with Crippen LogP contribution >= 0.6 is 0 Å². The molecular weight excluding hydrogens is 528 g/mol. The van der Waals surface area contributed by atoms with Crippen LogP contribution in [0.1, 0.15) is 44.7 Å². The molecule has 0 amide bonds. The molecular formula is C36H34O6. The summed E-state index contributed by atoms with van der Waals surface area (Å²) in [7, 11) is 2.54. The highest BCUT2D eigenvalue weighted by atomic mass is 16.5. The smallest absolute Gasteiger partial charge is 0.342 e. The average Bonchev–Trinajstić information content (AvgIpc) is 3.04. The SMILES string of the molecule is COC(=O)c1ccc(OCCCc2ccc3ccccc3c2)c(OCCCc2ccc3ccccc3c2)c1C(=O)OC. The first kappa shape index (κ1) is 28.7. The molecule has 0 radical (unpaired) electrons. The molecule has 0 saturated carbocycles. The van der Waals surface area contributed by atoms with Crippen LogP contribution in [0, 0.1) is 0 Å². The summed E-state index contributed by atoms with van der Waals surface area (Å²) in [5.74, 6) is -0.776. The Kier molecular flexibility index (Phi) is 9.34. The van der Waals surface area contributed by atoms with E-state index in [-0.39, 0.29) is 16.9 Å². The quantitative estimate of drug-likeness (QED) is 0.115. The van der Waals surface area contributed by atoms with E-state index in [1.54, 1.807) is 6.07 Å². The maximum Gasteiger partial charge on any atom is 0.342 e. The lowest BCUT2D eigenvalue weighted by atomic mass is 10.0. The second kappa shape index (κ2) is 13.7. The number of aryl methyl sites for hydroxylation is 2. The number of hydrogen-bond acceptors (Lipinski definition) is 6. The molecule has 214 valence electrons. The van der Waals surface area contributed by atoms with Gasteiger partial charge in [-0.1, -0.05) is 84.9 Å². The lowest BCUT2D eigenvalue weighted by Crippen LogP contribution is -2.16. The number of fused-ring (bicyclic) bond motifs is 2. The molecule has 0 N–H and O–H groups in total. The van der Waals surface area contributed by atoms with Crippen LogP contribution in [0.5, 0.6) is 11.5 Å².